The van der Waals surface area contributed by atoms with E-state index in [1.807, 2.05) is 0 Å². The lowest BCUT2D eigenvalue weighted by molar-refractivity contribution is -0.193. The van der Waals surface area contributed by atoms with Gasteiger partial charge in [-0.1, -0.05) is 6.42 Å². The van der Waals surface area contributed by atoms with Crippen LogP contribution in [0.25, 0.3) is 0 Å². The van der Waals surface area contributed by atoms with Gasteiger partial charge in [0.05, 0.1) is 17.8 Å². The quantitative estimate of drug-likeness (QED) is 0.138. The van der Waals surface area contributed by atoms with Crippen molar-refractivity contribution in [2.45, 2.75) is 56.5 Å². The Morgan fingerprint density at radius 1 is 1.12 bits per heavy atom. The summed E-state index contributed by atoms with van der Waals surface area (Å²) in [7, 11) is 1.55. The number of amides is 3. The summed E-state index contributed by atoms with van der Waals surface area (Å²) in [6.07, 6.45) is -6.36. The summed E-state index contributed by atoms with van der Waals surface area (Å²) in [6.45, 7) is 0.847. The molecule has 11 nitrogen and oxygen atoms in total. The van der Waals surface area contributed by atoms with E-state index in [2.05, 4.69) is 10.6 Å². The van der Waals surface area contributed by atoms with Gasteiger partial charge >= 0.3 is 30.3 Å². The van der Waals surface area contributed by atoms with E-state index in [0.717, 1.165) is 32.2 Å². The maximum absolute atomic E-state index is 12.4. The number of carboxylic acid groups (broad SMARTS) is 2. The number of likely N-dealkylation sites (tertiary alicyclic amines) is 1. The maximum Gasteiger partial charge on any atom is 0.490 e. The van der Waals surface area contributed by atoms with Crippen LogP contribution in [0.15, 0.2) is 0 Å². The molecule has 0 spiro atoms. The smallest absolute Gasteiger partial charge is 0.475 e. The number of rotatable bonds is 5. The molecule has 0 unspecified atom stereocenters. The Kier molecular flexibility index (Phi) is 11.8. The second kappa shape index (κ2) is 13.0. The van der Waals surface area contributed by atoms with Gasteiger partial charge in [-0.2, -0.15) is 26.3 Å². The molecule has 0 aromatic carbocycles. The highest BCUT2D eigenvalue weighted by molar-refractivity contribution is 5.98. The first-order valence-corrected chi connectivity index (χ1v) is 9.66. The van der Waals surface area contributed by atoms with E-state index in [-0.39, 0.29) is 35.8 Å². The maximum atomic E-state index is 12.4. The summed E-state index contributed by atoms with van der Waals surface area (Å²) in [5.41, 5.74) is 5.32. The SMILES string of the molecule is CNC(=O)N1C(=O)[C@H](CCCCC(=N)N)[C@H]2NCC[C@@H]21.O=C(O)C(F)(F)F.O=C(O)C(F)(F)F. The molecule has 3 amide bonds. The van der Waals surface area contributed by atoms with Gasteiger partial charge < -0.3 is 26.6 Å². The number of aliphatic carboxylic acids is 2. The lowest BCUT2D eigenvalue weighted by Crippen LogP contribution is -2.45. The molecule has 2 rings (SSSR count). The summed E-state index contributed by atoms with van der Waals surface area (Å²) in [4.78, 5) is 43.4. The van der Waals surface area contributed by atoms with Crippen molar-refractivity contribution in [3.63, 3.8) is 0 Å². The Hall–Kier alpha value is -3.11. The van der Waals surface area contributed by atoms with E-state index in [1.54, 1.807) is 7.05 Å². The third kappa shape index (κ3) is 9.80. The molecule has 2 heterocycles. The fourth-order valence-electron chi connectivity index (χ4n) is 3.26. The minimum absolute atomic E-state index is 0.0137. The molecule has 0 bridgehead atoms. The average Bonchev–Trinajstić information content (AvgIpc) is 3.24. The molecule has 0 aliphatic carbocycles. The van der Waals surface area contributed by atoms with E-state index in [9.17, 15) is 35.9 Å². The van der Waals surface area contributed by atoms with Gasteiger partial charge in [0, 0.05) is 19.5 Å². The zero-order valence-electron chi connectivity index (χ0n) is 17.8. The predicted molar refractivity (Wildman–Crippen MR) is 103 cm³/mol. The molecular formula is C17H25F6N5O6. The summed E-state index contributed by atoms with van der Waals surface area (Å²) in [5, 5.41) is 27.3. The van der Waals surface area contributed by atoms with Crippen LogP contribution in [0, 0.1) is 11.3 Å². The minimum Gasteiger partial charge on any atom is -0.475 e. The molecule has 0 radical (unpaired) electrons. The van der Waals surface area contributed by atoms with Crippen LogP contribution in [0.5, 0.6) is 0 Å². The lowest BCUT2D eigenvalue weighted by atomic mass is 9.94. The number of urea groups is 1. The second-order valence-corrected chi connectivity index (χ2v) is 7.08. The van der Waals surface area contributed by atoms with Crippen molar-refractivity contribution in [2.24, 2.45) is 11.7 Å². The van der Waals surface area contributed by atoms with Crippen LogP contribution >= 0.6 is 0 Å². The van der Waals surface area contributed by atoms with E-state index in [4.69, 9.17) is 30.9 Å². The van der Waals surface area contributed by atoms with Gasteiger partial charge in [0.25, 0.3) is 0 Å². The van der Waals surface area contributed by atoms with Crippen molar-refractivity contribution in [3.8, 4) is 0 Å². The topological polar surface area (TPSA) is 186 Å². The molecular weight excluding hydrogens is 484 g/mol. The Morgan fingerprint density at radius 2 is 1.59 bits per heavy atom. The van der Waals surface area contributed by atoms with Crippen LogP contribution < -0.4 is 16.4 Å². The Labute approximate surface area is 189 Å². The largest absolute Gasteiger partial charge is 0.490 e. The Balaban J connectivity index is 0.000000642. The number of carboxylic acids is 2. The number of carbonyl (C=O) groups excluding carboxylic acids is 2. The minimum atomic E-state index is -5.08. The van der Waals surface area contributed by atoms with Gasteiger partial charge in [-0.25, -0.2) is 14.4 Å². The van der Waals surface area contributed by atoms with E-state index < -0.39 is 24.3 Å². The number of unbranched alkanes of at least 4 members (excludes halogenated alkanes) is 1. The van der Waals surface area contributed by atoms with Gasteiger partial charge in [-0.15, -0.1) is 0 Å². The second-order valence-electron chi connectivity index (χ2n) is 7.08. The van der Waals surface area contributed by atoms with Crippen molar-refractivity contribution >= 4 is 29.7 Å². The first-order chi connectivity index (χ1) is 15.4. The van der Waals surface area contributed by atoms with E-state index >= 15 is 0 Å². The van der Waals surface area contributed by atoms with Crippen LogP contribution in [-0.2, 0) is 14.4 Å². The number of hydrogen-bond donors (Lipinski definition) is 6. The molecule has 34 heavy (non-hydrogen) atoms. The normalized spacial score (nSPS) is 21.4. The Bertz CT molecular complexity index is 736. The van der Waals surface area contributed by atoms with Gasteiger partial charge in [0.2, 0.25) is 5.91 Å². The van der Waals surface area contributed by atoms with Crippen LogP contribution in [0.4, 0.5) is 31.1 Å². The number of nitrogens with one attached hydrogen (secondary N) is 3. The fourth-order valence-corrected chi connectivity index (χ4v) is 3.26. The zero-order valence-corrected chi connectivity index (χ0v) is 17.8. The lowest BCUT2D eigenvalue weighted by Gasteiger charge is -2.20. The highest BCUT2D eigenvalue weighted by Gasteiger charge is 2.51. The first-order valence-electron chi connectivity index (χ1n) is 9.66. The summed E-state index contributed by atoms with van der Waals surface area (Å²) >= 11 is 0. The number of hydrogen-bond acceptors (Lipinski definition) is 6. The fraction of sp³-hybridized carbons (Fsp3) is 0.706. The van der Waals surface area contributed by atoms with Crippen molar-refractivity contribution in [1.82, 2.24) is 15.5 Å². The molecule has 7 N–H and O–H groups in total. The standard InChI is InChI=1S/C13H23N5O2.2C2HF3O2/c1-16-13(20)18-9-6-7-17-11(9)8(12(18)19)4-2-3-5-10(14)15;2*3-2(4,5)1(6)7/h8-9,11,17H,2-7H2,1H3,(H3,14,15)(H,16,20);2*(H,6,7)/t8-,9+,11-;;/m1../s1. The number of amidine groups is 1. The van der Waals surface area contributed by atoms with Gasteiger partial charge in [-0.05, 0) is 25.8 Å². The third-order valence-electron chi connectivity index (χ3n) is 4.68. The average molecular weight is 509 g/mol. The Morgan fingerprint density at radius 3 is 1.97 bits per heavy atom. The molecule has 0 aromatic rings. The number of imide groups is 1. The monoisotopic (exact) mass is 509 g/mol. The molecule has 2 aliphatic heterocycles. The van der Waals surface area contributed by atoms with E-state index in [0.29, 0.717) is 6.42 Å². The zero-order chi connectivity index (χ0) is 26.9. The molecule has 0 saturated carbocycles. The van der Waals surface area contributed by atoms with Crippen molar-refractivity contribution < 1.29 is 55.7 Å². The molecule has 2 aliphatic rings. The van der Waals surface area contributed by atoms with Crippen LogP contribution in [-0.4, -0.2) is 82.9 Å². The van der Waals surface area contributed by atoms with Crippen molar-refractivity contribution in [1.29, 1.82) is 5.41 Å². The number of nitrogens with two attached hydrogens (primary N) is 1. The van der Waals surface area contributed by atoms with Crippen LogP contribution in [0.1, 0.15) is 32.1 Å². The van der Waals surface area contributed by atoms with Crippen LogP contribution in [0.2, 0.25) is 0 Å². The first kappa shape index (κ1) is 30.9. The number of alkyl halides is 6. The molecule has 2 saturated heterocycles. The molecule has 0 aromatic heterocycles. The van der Waals surface area contributed by atoms with Crippen LogP contribution in [0.3, 0.4) is 0 Å². The molecule has 2 fully saturated rings. The van der Waals surface area contributed by atoms with Crippen molar-refractivity contribution in [3.05, 3.63) is 0 Å². The third-order valence-corrected chi connectivity index (χ3v) is 4.68. The summed E-state index contributed by atoms with van der Waals surface area (Å²) in [5.74, 6) is -5.53. The summed E-state index contributed by atoms with van der Waals surface area (Å²) < 4.78 is 63.5. The predicted octanol–water partition coefficient (Wildman–Crippen LogP) is 1.28. The highest BCUT2D eigenvalue weighted by atomic mass is 19.4. The number of nitrogens with zero attached hydrogens (tertiary/aromatic N) is 1. The van der Waals surface area contributed by atoms with Gasteiger partial charge in [0.15, 0.2) is 0 Å². The molecule has 196 valence electrons. The molecule has 3 atom stereocenters. The van der Waals surface area contributed by atoms with Gasteiger partial charge in [-0.3, -0.25) is 15.1 Å². The number of fused-ring (bicyclic) bond motifs is 1. The number of carbonyl (C=O) groups is 4. The van der Waals surface area contributed by atoms with Gasteiger partial charge in [0.1, 0.15) is 0 Å². The van der Waals surface area contributed by atoms with E-state index in [1.165, 1.54) is 4.90 Å². The highest BCUT2D eigenvalue weighted by Crippen LogP contribution is 2.34. The van der Waals surface area contributed by atoms with Crippen molar-refractivity contribution in [2.75, 3.05) is 13.6 Å². The number of halogens is 6. The summed E-state index contributed by atoms with van der Waals surface area (Å²) in [6, 6.07) is -0.239. The molecule has 17 heteroatoms.